The van der Waals surface area contributed by atoms with Crippen LogP contribution in [-0.4, -0.2) is 26.2 Å². The fraction of sp³-hybridized carbons (Fsp3) is 0.600. The van der Waals surface area contributed by atoms with Crippen molar-refractivity contribution >= 4 is 0 Å². The first-order valence-corrected chi connectivity index (χ1v) is 7.36. The largest absolute Gasteiger partial charge is 0.339 e. The second kappa shape index (κ2) is 5.18. The van der Waals surface area contributed by atoms with Crippen LogP contribution < -0.4 is 5.73 Å². The fourth-order valence-electron chi connectivity index (χ4n) is 3.17. The molecule has 2 N–H and O–H groups in total. The summed E-state index contributed by atoms with van der Waals surface area (Å²) >= 11 is 0. The van der Waals surface area contributed by atoms with Crippen molar-refractivity contribution in [1.82, 2.24) is 20.1 Å². The van der Waals surface area contributed by atoms with Gasteiger partial charge < -0.3 is 10.3 Å². The summed E-state index contributed by atoms with van der Waals surface area (Å²) in [6.07, 6.45) is 5.29. The first-order valence-electron chi connectivity index (χ1n) is 7.36. The minimum atomic E-state index is 0.0268. The average molecular weight is 287 g/mol. The van der Waals surface area contributed by atoms with Crippen molar-refractivity contribution in [3.8, 4) is 11.6 Å². The van der Waals surface area contributed by atoms with E-state index in [0.29, 0.717) is 23.5 Å². The molecule has 6 nitrogen and oxygen atoms in total. The molecule has 1 aliphatic carbocycles. The Morgan fingerprint density at radius 2 is 1.90 bits per heavy atom. The molecule has 0 amide bonds. The van der Waals surface area contributed by atoms with Crippen LogP contribution in [0.2, 0.25) is 0 Å². The molecule has 2 aromatic heterocycles. The maximum absolute atomic E-state index is 6.20. The van der Waals surface area contributed by atoms with Crippen LogP contribution >= 0.6 is 0 Å². The normalized spacial score (nSPS) is 28.5. The Kier molecular flexibility index (Phi) is 3.49. The topological polar surface area (TPSA) is 90.7 Å². The highest BCUT2D eigenvalue weighted by atomic mass is 16.5. The molecule has 2 aromatic rings. The van der Waals surface area contributed by atoms with Gasteiger partial charge in [-0.2, -0.15) is 4.98 Å². The van der Waals surface area contributed by atoms with E-state index >= 15 is 0 Å². The third-order valence-electron chi connectivity index (χ3n) is 5.01. The van der Waals surface area contributed by atoms with Gasteiger partial charge in [0.05, 0.1) is 0 Å². The van der Waals surface area contributed by atoms with E-state index in [2.05, 4.69) is 40.9 Å². The van der Waals surface area contributed by atoms with Gasteiger partial charge in [0.2, 0.25) is 17.5 Å². The van der Waals surface area contributed by atoms with E-state index < -0.39 is 0 Å². The second-order valence-corrected chi connectivity index (χ2v) is 6.43. The number of aromatic nitrogens is 4. The number of nitrogens with zero attached hydrogens (tertiary/aromatic N) is 4. The van der Waals surface area contributed by atoms with Crippen LogP contribution in [0.1, 0.15) is 45.4 Å². The van der Waals surface area contributed by atoms with Gasteiger partial charge in [-0.05, 0) is 30.2 Å². The molecule has 0 aromatic carbocycles. The second-order valence-electron chi connectivity index (χ2n) is 6.43. The van der Waals surface area contributed by atoms with E-state index in [0.717, 1.165) is 12.8 Å². The molecule has 0 spiro atoms. The molecule has 3 unspecified atom stereocenters. The van der Waals surface area contributed by atoms with Crippen molar-refractivity contribution < 1.29 is 4.52 Å². The van der Waals surface area contributed by atoms with Crippen LogP contribution in [0.25, 0.3) is 11.6 Å². The lowest BCUT2D eigenvalue weighted by Gasteiger charge is -2.45. The van der Waals surface area contributed by atoms with Crippen molar-refractivity contribution in [3.63, 3.8) is 0 Å². The lowest BCUT2D eigenvalue weighted by molar-refractivity contribution is 0.0806. The van der Waals surface area contributed by atoms with Gasteiger partial charge in [0, 0.05) is 24.4 Å². The van der Waals surface area contributed by atoms with Crippen molar-refractivity contribution in [2.45, 2.75) is 45.6 Å². The van der Waals surface area contributed by atoms with E-state index in [4.69, 9.17) is 10.3 Å². The maximum atomic E-state index is 6.20. The third-order valence-corrected chi connectivity index (χ3v) is 5.01. The molecule has 112 valence electrons. The highest BCUT2D eigenvalue weighted by molar-refractivity contribution is 5.40. The minimum absolute atomic E-state index is 0.0268. The first-order chi connectivity index (χ1) is 10.00. The van der Waals surface area contributed by atoms with Crippen LogP contribution in [0.3, 0.4) is 0 Å². The van der Waals surface area contributed by atoms with Gasteiger partial charge in [-0.15, -0.1) is 0 Å². The summed E-state index contributed by atoms with van der Waals surface area (Å²) in [6.45, 7) is 6.66. The van der Waals surface area contributed by atoms with Crippen molar-refractivity contribution in [2.75, 3.05) is 0 Å². The van der Waals surface area contributed by atoms with E-state index in [-0.39, 0.29) is 17.4 Å². The summed E-state index contributed by atoms with van der Waals surface area (Å²) < 4.78 is 5.50. The molecule has 3 rings (SSSR count). The summed E-state index contributed by atoms with van der Waals surface area (Å²) in [5, 5.41) is 4.03. The van der Waals surface area contributed by atoms with Gasteiger partial charge in [0.25, 0.3) is 0 Å². The summed E-state index contributed by atoms with van der Waals surface area (Å²) in [6, 6.07) is 1.99. The highest BCUT2D eigenvalue weighted by Gasteiger charge is 2.44. The molecular weight excluding hydrogens is 266 g/mol. The number of hydrogen-bond acceptors (Lipinski definition) is 6. The standard InChI is InChI=1S/C15H21N5O/c1-9-11(16)6-5-10(15(9,2)3)14-19-13(20-21-14)12-17-7-4-8-18-12/h4,7-11H,5-6,16H2,1-3H3. The van der Waals surface area contributed by atoms with Gasteiger partial charge in [-0.3, -0.25) is 0 Å². The Balaban J connectivity index is 1.90. The van der Waals surface area contributed by atoms with Crippen LogP contribution in [0.4, 0.5) is 0 Å². The molecule has 3 atom stereocenters. The summed E-state index contributed by atoms with van der Waals surface area (Å²) in [5.41, 5.74) is 6.23. The molecule has 2 heterocycles. The lowest BCUT2D eigenvalue weighted by Crippen LogP contribution is -2.45. The smallest absolute Gasteiger partial charge is 0.240 e. The zero-order valence-electron chi connectivity index (χ0n) is 12.7. The molecule has 1 aliphatic rings. The summed E-state index contributed by atoms with van der Waals surface area (Å²) in [4.78, 5) is 12.8. The maximum Gasteiger partial charge on any atom is 0.240 e. The van der Waals surface area contributed by atoms with Crippen LogP contribution in [-0.2, 0) is 0 Å². The Bertz CT molecular complexity index is 610. The number of rotatable bonds is 2. The molecule has 0 bridgehead atoms. The van der Waals surface area contributed by atoms with Crippen molar-refractivity contribution in [2.24, 2.45) is 17.1 Å². The predicted octanol–water partition coefficient (Wildman–Crippen LogP) is 2.39. The van der Waals surface area contributed by atoms with Gasteiger partial charge >= 0.3 is 0 Å². The van der Waals surface area contributed by atoms with Crippen LogP contribution in [0, 0.1) is 11.3 Å². The number of nitrogens with two attached hydrogens (primary N) is 1. The molecule has 6 heteroatoms. The van der Waals surface area contributed by atoms with Gasteiger partial charge in [-0.25, -0.2) is 9.97 Å². The predicted molar refractivity (Wildman–Crippen MR) is 78.2 cm³/mol. The Hall–Kier alpha value is -1.82. The van der Waals surface area contributed by atoms with Crippen molar-refractivity contribution in [1.29, 1.82) is 0 Å². The van der Waals surface area contributed by atoms with E-state index in [1.54, 1.807) is 18.5 Å². The monoisotopic (exact) mass is 287 g/mol. The molecule has 1 fully saturated rings. The van der Waals surface area contributed by atoms with Crippen LogP contribution in [0.5, 0.6) is 0 Å². The molecule has 0 radical (unpaired) electrons. The molecular formula is C15H21N5O. The zero-order valence-corrected chi connectivity index (χ0v) is 12.7. The Labute approximate surface area is 124 Å². The van der Waals surface area contributed by atoms with E-state index in [1.165, 1.54) is 0 Å². The third kappa shape index (κ3) is 2.44. The number of hydrogen-bond donors (Lipinski definition) is 1. The average Bonchev–Trinajstić information content (AvgIpc) is 2.95. The first kappa shape index (κ1) is 14.1. The lowest BCUT2D eigenvalue weighted by atomic mass is 9.61. The molecule has 0 aliphatic heterocycles. The van der Waals surface area contributed by atoms with Crippen molar-refractivity contribution in [3.05, 3.63) is 24.4 Å². The SMILES string of the molecule is CC1C(N)CCC(c2nc(-c3ncccn3)no2)C1(C)C. The van der Waals surface area contributed by atoms with E-state index in [9.17, 15) is 0 Å². The molecule has 1 saturated carbocycles. The van der Waals surface area contributed by atoms with Gasteiger partial charge in [-0.1, -0.05) is 25.9 Å². The quantitative estimate of drug-likeness (QED) is 0.912. The summed E-state index contributed by atoms with van der Waals surface area (Å²) in [7, 11) is 0. The Morgan fingerprint density at radius 3 is 2.62 bits per heavy atom. The fourth-order valence-corrected chi connectivity index (χ4v) is 3.17. The zero-order chi connectivity index (χ0) is 15.0. The summed E-state index contributed by atoms with van der Waals surface area (Å²) in [5.74, 6) is 2.23. The molecule has 21 heavy (non-hydrogen) atoms. The van der Waals surface area contributed by atoms with Gasteiger partial charge in [0.15, 0.2) is 0 Å². The van der Waals surface area contributed by atoms with Gasteiger partial charge in [0.1, 0.15) is 0 Å². The molecule has 0 saturated heterocycles. The Morgan fingerprint density at radius 1 is 1.19 bits per heavy atom. The van der Waals surface area contributed by atoms with Crippen LogP contribution in [0.15, 0.2) is 23.0 Å². The van der Waals surface area contributed by atoms with E-state index in [1.807, 2.05) is 0 Å². The highest BCUT2D eigenvalue weighted by Crippen LogP contribution is 2.49. The minimum Gasteiger partial charge on any atom is -0.339 e.